The van der Waals surface area contributed by atoms with Crippen molar-refractivity contribution in [2.75, 3.05) is 0 Å². The summed E-state index contributed by atoms with van der Waals surface area (Å²) in [6.45, 7) is 0.456. The molecule has 88 valence electrons. The predicted molar refractivity (Wildman–Crippen MR) is 70.8 cm³/mol. The molecule has 0 atom stereocenters. The Morgan fingerprint density at radius 3 is 2.76 bits per heavy atom. The summed E-state index contributed by atoms with van der Waals surface area (Å²) < 4.78 is 2.57. The highest BCUT2D eigenvalue weighted by atomic mass is 79.9. The fourth-order valence-corrected chi connectivity index (χ4v) is 2.08. The lowest BCUT2D eigenvalue weighted by molar-refractivity contribution is 0.0914. The van der Waals surface area contributed by atoms with Crippen LogP contribution in [-0.4, -0.2) is 10.5 Å². The molecule has 17 heavy (non-hydrogen) atoms. The van der Waals surface area contributed by atoms with Crippen LogP contribution in [0, 0.1) is 0 Å². The van der Waals surface area contributed by atoms with Crippen molar-refractivity contribution in [3.05, 3.63) is 58.3 Å². The monoisotopic (exact) mass is 292 g/mol. The Morgan fingerprint density at radius 2 is 2.12 bits per heavy atom. The summed E-state index contributed by atoms with van der Waals surface area (Å²) >= 11 is 3.39. The van der Waals surface area contributed by atoms with Gasteiger partial charge in [-0.15, -0.1) is 0 Å². The molecule has 2 aromatic rings. The molecule has 0 fully saturated rings. The van der Waals surface area contributed by atoms with Crippen molar-refractivity contribution in [3.8, 4) is 0 Å². The number of benzene rings is 1. The minimum atomic E-state index is 0.0443. The molecule has 0 saturated carbocycles. The van der Waals surface area contributed by atoms with Crippen LogP contribution in [0.5, 0.6) is 0 Å². The molecule has 0 aliphatic heterocycles. The summed E-state index contributed by atoms with van der Waals surface area (Å²) in [4.78, 5) is 12.0. The Hall–Kier alpha value is -1.39. The van der Waals surface area contributed by atoms with E-state index in [2.05, 4.69) is 15.9 Å². The Bertz CT molecular complexity index is 534. The van der Waals surface area contributed by atoms with Crippen LogP contribution in [0.15, 0.2) is 47.2 Å². The van der Waals surface area contributed by atoms with Crippen molar-refractivity contribution < 1.29 is 4.79 Å². The van der Waals surface area contributed by atoms with Gasteiger partial charge in [0.1, 0.15) is 0 Å². The Morgan fingerprint density at radius 1 is 1.29 bits per heavy atom. The Balaban J connectivity index is 2.11. The van der Waals surface area contributed by atoms with Gasteiger partial charge in [-0.05, 0) is 29.3 Å². The number of hydrogen-bond donors (Lipinski definition) is 1. The normalized spacial score (nSPS) is 10.5. The Labute approximate surface area is 108 Å². The van der Waals surface area contributed by atoms with E-state index < -0.39 is 0 Å². The molecular formula is C13H13BrN2O. The van der Waals surface area contributed by atoms with Gasteiger partial charge < -0.3 is 5.73 Å². The standard InChI is InChI=1S/C13H13BrN2O/c14-12-3-1-2-10(6-12)7-13(17)16-5-4-11(8-15)9-16/h1-6,9H,7-8,15H2. The number of aromatic nitrogens is 1. The number of nitrogens with zero attached hydrogens (tertiary/aromatic N) is 1. The van der Waals surface area contributed by atoms with Crippen LogP contribution < -0.4 is 5.73 Å². The third-order valence-electron chi connectivity index (χ3n) is 2.52. The first-order valence-electron chi connectivity index (χ1n) is 5.33. The highest BCUT2D eigenvalue weighted by Gasteiger charge is 2.06. The van der Waals surface area contributed by atoms with E-state index in [1.165, 1.54) is 0 Å². The average Bonchev–Trinajstić information content (AvgIpc) is 2.77. The molecule has 1 aromatic heterocycles. The molecule has 0 saturated heterocycles. The summed E-state index contributed by atoms with van der Waals surface area (Å²) in [7, 11) is 0. The van der Waals surface area contributed by atoms with Crippen molar-refractivity contribution in [2.24, 2.45) is 5.73 Å². The maximum Gasteiger partial charge on any atom is 0.234 e. The van der Waals surface area contributed by atoms with Crippen molar-refractivity contribution in [2.45, 2.75) is 13.0 Å². The number of carbonyl (C=O) groups excluding carboxylic acids is 1. The fraction of sp³-hybridized carbons (Fsp3) is 0.154. The third kappa shape index (κ3) is 3.05. The topological polar surface area (TPSA) is 48.0 Å². The largest absolute Gasteiger partial charge is 0.326 e. The highest BCUT2D eigenvalue weighted by molar-refractivity contribution is 9.10. The van der Waals surface area contributed by atoms with E-state index in [0.717, 1.165) is 15.6 Å². The van der Waals surface area contributed by atoms with Crippen molar-refractivity contribution in [1.82, 2.24) is 4.57 Å². The second kappa shape index (κ2) is 5.29. The fourth-order valence-electron chi connectivity index (χ4n) is 1.63. The van der Waals surface area contributed by atoms with E-state index in [4.69, 9.17) is 5.73 Å². The molecule has 0 unspecified atom stereocenters. The number of rotatable bonds is 3. The minimum Gasteiger partial charge on any atom is -0.326 e. The van der Waals surface area contributed by atoms with Crippen LogP contribution in [0.25, 0.3) is 0 Å². The van der Waals surface area contributed by atoms with Crippen LogP contribution in [-0.2, 0) is 13.0 Å². The van der Waals surface area contributed by atoms with Gasteiger partial charge in [0.05, 0.1) is 6.42 Å². The molecule has 0 spiro atoms. The number of hydrogen-bond acceptors (Lipinski definition) is 2. The van der Waals surface area contributed by atoms with Gasteiger partial charge in [0, 0.05) is 23.4 Å². The van der Waals surface area contributed by atoms with Gasteiger partial charge in [0.2, 0.25) is 5.91 Å². The second-order valence-corrected chi connectivity index (χ2v) is 4.75. The third-order valence-corrected chi connectivity index (χ3v) is 3.02. The van der Waals surface area contributed by atoms with Gasteiger partial charge in [-0.25, -0.2) is 0 Å². The lowest BCUT2D eigenvalue weighted by Crippen LogP contribution is -2.11. The lowest BCUT2D eigenvalue weighted by Gasteiger charge is -2.02. The summed E-state index contributed by atoms with van der Waals surface area (Å²) in [6, 6.07) is 9.61. The highest BCUT2D eigenvalue weighted by Crippen LogP contribution is 2.13. The van der Waals surface area contributed by atoms with E-state index in [1.54, 1.807) is 17.0 Å². The molecule has 2 rings (SSSR count). The first kappa shape index (κ1) is 12.1. The maximum absolute atomic E-state index is 12.0. The molecule has 2 N–H and O–H groups in total. The van der Waals surface area contributed by atoms with E-state index in [0.29, 0.717) is 13.0 Å². The quantitative estimate of drug-likeness (QED) is 0.945. The zero-order chi connectivity index (χ0) is 12.3. The molecule has 0 radical (unpaired) electrons. The minimum absolute atomic E-state index is 0.0443. The zero-order valence-corrected chi connectivity index (χ0v) is 10.9. The molecule has 0 aliphatic carbocycles. The number of carbonyl (C=O) groups is 1. The number of nitrogens with two attached hydrogens (primary N) is 1. The van der Waals surface area contributed by atoms with E-state index in [9.17, 15) is 4.79 Å². The summed E-state index contributed by atoms with van der Waals surface area (Å²) in [6.07, 6.45) is 3.92. The van der Waals surface area contributed by atoms with E-state index in [-0.39, 0.29) is 5.91 Å². The zero-order valence-electron chi connectivity index (χ0n) is 9.27. The van der Waals surface area contributed by atoms with Crippen LogP contribution >= 0.6 is 15.9 Å². The number of halogens is 1. The summed E-state index contributed by atoms with van der Waals surface area (Å²) in [5.74, 6) is 0.0443. The van der Waals surface area contributed by atoms with E-state index >= 15 is 0 Å². The SMILES string of the molecule is NCc1ccn(C(=O)Cc2cccc(Br)c2)c1. The van der Waals surface area contributed by atoms with Gasteiger partial charge in [0.25, 0.3) is 0 Å². The van der Waals surface area contributed by atoms with Crippen molar-refractivity contribution in [3.63, 3.8) is 0 Å². The van der Waals surface area contributed by atoms with Gasteiger partial charge in [-0.1, -0.05) is 28.1 Å². The van der Waals surface area contributed by atoms with Crippen molar-refractivity contribution in [1.29, 1.82) is 0 Å². The summed E-state index contributed by atoms with van der Waals surface area (Å²) in [5.41, 5.74) is 7.46. The van der Waals surface area contributed by atoms with Gasteiger partial charge >= 0.3 is 0 Å². The van der Waals surface area contributed by atoms with Gasteiger partial charge in [0.15, 0.2) is 0 Å². The maximum atomic E-state index is 12.0. The van der Waals surface area contributed by atoms with Gasteiger partial charge in [-0.2, -0.15) is 0 Å². The molecule has 4 heteroatoms. The predicted octanol–water partition coefficient (Wildman–Crippen LogP) is 2.59. The first-order chi connectivity index (χ1) is 8.19. The first-order valence-corrected chi connectivity index (χ1v) is 6.13. The van der Waals surface area contributed by atoms with Crippen LogP contribution in [0.1, 0.15) is 15.9 Å². The molecule has 0 aliphatic rings. The molecule has 0 bridgehead atoms. The molecule has 1 heterocycles. The second-order valence-electron chi connectivity index (χ2n) is 3.83. The van der Waals surface area contributed by atoms with Crippen LogP contribution in [0.2, 0.25) is 0 Å². The van der Waals surface area contributed by atoms with E-state index in [1.807, 2.05) is 30.3 Å². The van der Waals surface area contributed by atoms with Crippen molar-refractivity contribution >= 4 is 21.8 Å². The molecular weight excluding hydrogens is 280 g/mol. The summed E-state index contributed by atoms with van der Waals surface area (Å²) in [5, 5.41) is 0. The van der Waals surface area contributed by atoms with Crippen LogP contribution in [0.3, 0.4) is 0 Å². The lowest BCUT2D eigenvalue weighted by atomic mass is 10.1. The average molecular weight is 293 g/mol. The Kier molecular flexibility index (Phi) is 3.76. The molecule has 0 amide bonds. The molecule has 1 aromatic carbocycles. The smallest absolute Gasteiger partial charge is 0.234 e. The molecule has 3 nitrogen and oxygen atoms in total. The van der Waals surface area contributed by atoms with Crippen LogP contribution in [0.4, 0.5) is 0 Å². The van der Waals surface area contributed by atoms with Gasteiger partial charge in [-0.3, -0.25) is 9.36 Å².